The maximum atomic E-state index is 16.6. The van der Waals surface area contributed by atoms with Crippen molar-refractivity contribution in [1.82, 2.24) is 101 Å². The number of guanidine groups is 4. The number of allylic oxidation sites excluding steroid dienone is 2. The number of nitrogens with two attached hydrogens (primary N) is 7. The third-order valence-corrected chi connectivity index (χ3v) is 25.1. The quantitative estimate of drug-likeness (QED) is 0.00424. The predicted molar refractivity (Wildman–Crippen MR) is 549 cm³/mol. The molecule has 18 atom stereocenters. The van der Waals surface area contributed by atoms with Gasteiger partial charge in [-0.3, -0.25) is 124 Å². The lowest BCUT2D eigenvalue weighted by Gasteiger charge is -2.49. The van der Waals surface area contributed by atoms with Gasteiger partial charge in [0.1, 0.15) is 84.9 Å². The molecule has 39 N–H and O–H groups in total. The van der Waals surface area contributed by atoms with Crippen LogP contribution in [0.3, 0.4) is 0 Å². The molecule has 2 aliphatic rings. The summed E-state index contributed by atoms with van der Waals surface area (Å²) in [7, 11) is 0. The summed E-state index contributed by atoms with van der Waals surface area (Å²) in [6.45, 7) is 17.2. The van der Waals surface area contributed by atoms with E-state index in [1.165, 1.54) is 11.8 Å². The number of carboxylic acids is 2. The van der Waals surface area contributed by atoms with Crippen molar-refractivity contribution in [3.05, 3.63) is 48.0 Å². The van der Waals surface area contributed by atoms with Crippen LogP contribution in [-0.2, 0) is 102 Å². The summed E-state index contributed by atoms with van der Waals surface area (Å²) in [4.78, 5) is 280. The molecule has 1 aliphatic carbocycles. The van der Waals surface area contributed by atoms with Crippen LogP contribution in [0.25, 0.3) is 0 Å². The second-order valence-corrected chi connectivity index (χ2v) is 39.8. The topological polar surface area (TPSA) is 892 Å². The largest absolute Gasteiger partial charge is 0.481 e. The zero-order valence-corrected chi connectivity index (χ0v) is 87.3. The molecule has 0 spiro atoms. The lowest BCUT2D eigenvalue weighted by Crippen LogP contribution is -2.68. The number of rotatable bonds is 66. The number of carboxylic acid groups (broad SMARTS) is 2. The van der Waals surface area contributed by atoms with Crippen LogP contribution in [-0.4, -0.2) is 298 Å². The number of amides is 14. The fourth-order valence-corrected chi connectivity index (χ4v) is 17.2. The first kappa shape index (κ1) is 129. The van der Waals surface area contributed by atoms with Gasteiger partial charge in [0.25, 0.3) is 0 Å². The van der Waals surface area contributed by atoms with E-state index in [1.807, 2.05) is 12.2 Å². The molecule has 3 rings (SSSR count). The summed E-state index contributed by atoms with van der Waals surface area (Å²) in [5.74, 6) is -18.6. The fraction of sp³-hybridized carbons (Fsp3) is 0.677. The molecule has 1 aromatic rings. The zero-order valence-electron chi connectivity index (χ0n) is 87.3. The molecular weight excluding hydrogens is 1940 g/mol. The number of benzene rings is 1. The number of carbonyl (C=O) groups excluding carboxylic acids is 17. The molecule has 0 bridgehead atoms. The number of hydrogen-bond acceptors (Lipinski definition) is 29. The number of hydrogen-bond donors (Lipinski definition) is 32. The molecule has 1 saturated heterocycles. The number of hydrazine groups is 1. The van der Waals surface area contributed by atoms with E-state index in [2.05, 4.69) is 96.0 Å². The van der Waals surface area contributed by atoms with E-state index in [0.717, 1.165) is 0 Å². The molecule has 836 valence electrons. The Morgan fingerprint density at radius 1 is 0.450 bits per heavy atom. The fourth-order valence-electron chi connectivity index (χ4n) is 17.2. The average molecular weight is 2110 g/mol. The first-order valence-corrected chi connectivity index (χ1v) is 50.6. The third-order valence-electron chi connectivity index (χ3n) is 25.1. The van der Waals surface area contributed by atoms with Gasteiger partial charge in [-0.15, -0.1) is 0 Å². The summed E-state index contributed by atoms with van der Waals surface area (Å²) in [5.41, 5.74) is 35.3. The van der Waals surface area contributed by atoms with Crippen molar-refractivity contribution in [3.63, 3.8) is 0 Å². The highest BCUT2D eigenvalue weighted by molar-refractivity contribution is 6.41. The molecule has 14 amide bonds. The van der Waals surface area contributed by atoms with Gasteiger partial charge in [-0.25, -0.2) is 5.43 Å². The van der Waals surface area contributed by atoms with Gasteiger partial charge in [0.15, 0.2) is 23.8 Å². The molecule has 53 heteroatoms. The summed E-state index contributed by atoms with van der Waals surface area (Å²) >= 11 is 0. The number of aliphatic carboxylic acids is 2. The Bertz CT molecular complexity index is 4700. The monoisotopic (exact) mass is 2110 g/mol. The molecule has 1 aromatic carbocycles. The molecule has 1 aliphatic heterocycles. The van der Waals surface area contributed by atoms with E-state index in [4.69, 9.17) is 66.7 Å². The van der Waals surface area contributed by atoms with Crippen LogP contribution in [0, 0.1) is 50.7 Å². The van der Waals surface area contributed by atoms with E-state index in [1.54, 1.807) is 99.6 Å². The van der Waals surface area contributed by atoms with Crippen molar-refractivity contribution in [2.75, 3.05) is 39.3 Å². The van der Waals surface area contributed by atoms with Crippen molar-refractivity contribution in [2.45, 2.75) is 345 Å². The molecule has 0 saturated carbocycles. The molecular formula is C96H164N30O23. The number of hydroxylamine groups is 1. The normalized spacial score (nSPS) is 18.7. The van der Waals surface area contributed by atoms with E-state index in [-0.39, 0.29) is 141 Å². The van der Waals surface area contributed by atoms with Crippen LogP contribution in [0.5, 0.6) is 0 Å². The zero-order chi connectivity index (χ0) is 112. The van der Waals surface area contributed by atoms with Gasteiger partial charge in [-0.2, -0.15) is 5.48 Å². The highest BCUT2D eigenvalue weighted by Gasteiger charge is 2.55. The van der Waals surface area contributed by atoms with Crippen molar-refractivity contribution < 1.29 is 111 Å². The number of likely N-dealkylation sites (tertiary alicyclic amines) is 1. The van der Waals surface area contributed by atoms with Crippen LogP contribution in [0.2, 0.25) is 0 Å². The Morgan fingerprint density at radius 2 is 0.839 bits per heavy atom. The Hall–Kier alpha value is -13.7. The maximum absolute atomic E-state index is 16.6. The second-order valence-electron chi connectivity index (χ2n) is 39.8. The lowest BCUT2D eigenvalue weighted by molar-refractivity contribution is -0.172. The third kappa shape index (κ3) is 47.6. The van der Waals surface area contributed by atoms with Gasteiger partial charge in [-0.1, -0.05) is 117 Å². The number of ketones is 2. The van der Waals surface area contributed by atoms with Crippen molar-refractivity contribution in [2.24, 2.45) is 69.3 Å². The Labute approximate surface area is 868 Å². The van der Waals surface area contributed by atoms with Crippen LogP contribution < -0.4 is 136 Å². The van der Waals surface area contributed by atoms with Crippen LogP contribution >= 0.6 is 0 Å². The first-order valence-electron chi connectivity index (χ1n) is 50.6. The van der Waals surface area contributed by atoms with Gasteiger partial charge in [0.2, 0.25) is 94.3 Å². The molecule has 1 fully saturated rings. The minimum atomic E-state index is -2.17. The van der Waals surface area contributed by atoms with E-state index in [0.29, 0.717) is 56.8 Å². The number of nitrogens with zero attached hydrogens (tertiary/aromatic N) is 1. The minimum absolute atomic E-state index is 0.0258. The van der Waals surface area contributed by atoms with Gasteiger partial charge in [-0.05, 0) is 178 Å². The molecule has 149 heavy (non-hydrogen) atoms. The van der Waals surface area contributed by atoms with E-state index < -0.39 is 282 Å². The lowest BCUT2D eigenvalue weighted by atomic mass is 9.68. The number of aldehydes is 1. The van der Waals surface area contributed by atoms with Gasteiger partial charge in [0, 0.05) is 38.3 Å². The van der Waals surface area contributed by atoms with Crippen molar-refractivity contribution >= 4 is 136 Å². The summed E-state index contributed by atoms with van der Waals surface area (Å²) in [5, 5.41) is 103. The predicted octanol–water partition coefficient (Wildman–Crippen LogP) is -5.05. The van der Waals surface area contributed by atoms with Gasteiger partial charge >= 0.3 is 11.9 Å². The molecule has 0 aromatic heterocycles. The van der Waals surface area contributed by atoms with Crippen molar-refractivity contribution in [1.29, 1.82) is 21.6 Å². The molecule has 1 heterocycles. The average Bonchev–Trinajstić information content (AvgIpc) is 1.10. The van der Waals surface area contributed by atoms with Crippen LogP contribution in [0.1, 0.15) is 242 Å². The Balaban J connectivity index is 2.46. The SMILES string of the molecule is CC(C)CC(NC(=O)[C@H](C)NC(=O)C(CC(C)C)NC(=O)[C@H](Cc1ccccc1)NOC1C(C)(N[C@@H](CCCNC(=N)N)C(=O)C(=O)[C@H](CCCNC(=N)N)NC(=O)C(CC(N)=O)NC(=O)[C@H](CC(=O)O)NC(=O)C(CC(C)C)NC(=O)[C@H](CCCNC(=N)N)NC(=O)C(CO)NN)CCCCCCC=CCCCC1(C)C(=O)NC(C(=O)N1CCC[C@H]1C=O)C(C)C)C(=O)N[C@@H](CCCNC(=N)N)C(=O)NC(CC(=O)O)C(N)=O. The number of carbonyl (C=O) groups is 19. The smallest absolute Gasteiger partial charge is 0.305 e. The molecule has 53 nitrogen and oxygen atoms in total. The van der Waals surface area contributed by atoms with Crippen LogP contribution in [0.4, 0.5) is 0 Å². The highest BCUT2D eigenvalue weighted by atomic mass is 16.7. The number of nitrogens with one attached hydrogen (secondary N) is 22. The molecule has 10 unspecified atom stereocenters. The standard InChI is InChI=1S/C96H164N30O23/c1-52(2)43-64(81(140)112-56(9)78(137)117-65(44-53(3)4)82(141)114-61(34-26-40-110-93(103)104)79(138)116-63(77(98)136)48-72(130)131)119-86(145)69(46-57-29-20-19-21-30-57)125-149-89-95(10,90(148)122-74(55(7)8)88(147)126-42-28-31-58(126)50-127)36-22-17-15-13-12-14-16-18-23-37-96(89,11)123-60(33-25-39-109-92(101)102)76(135)75(134)59(32-24-38-108-91(99)100)113-84(143)67(47-71(97)129)120-85(144)68(49-73(132)133)121-83(142)66(45-54(5)6)118-80(139)62(35-27-41-111-94(105)106)115-87(146)70(51-128)124-107/h13,15,19-21,29-30,50,52-56,58-70,74,89,123-125,128H,12,14,16-18,22-28,31-49,51,107H2,1-11H3,(H2,97,129)(H2,98,136)(H,112,140)(H,113,143)(H,114,141)(H,115,146)(H,116,138)(H,117,137)(H,118,139)(H,119,145)(H,120,144)(H,121,142)(H,122,148)(H,130,131)(H,132,133)(H4,99,100,108)(H4,101,102,109)(H4,103,104,110)(H4,105,106,111)/t56-,58-,59-,60-,61-,62-,63?,64?,65?,66?,67?,68-,69-,70?,74?,89?,95?,96?/m0/s1. The second kappa shape index (κ2) is 66.6. The summed E-state index contributed by atoms with van der Waals surface area (Å²) in [6.07, 6.45) is 1.58. The first-order chi connectivity index (χ1) is 70.1. The van der Waals surface area contributed by atoms with E-state index >= 15 is 33.6 Å². The van der Waals surface area contributed by atoms with Crippen LogP contribution in [0.15, 0.2) is 42.5 Å². The highest BCUT2D eigenvalue weighted by Crippen LogP contribution is 2.41. The van der Waals surface area contributed by atoms with E-state index in [9.17, 15) is 72.9 Å². The van der Waals surface area contributed by atoms with Gasteiger partial charge < -0.3 is 139 Å². The Kier molecular flexibility index (Phi) is 57.9. The minimum Gasteiger partial charge on any atom is -0.481 e. The summed E-state index contributed by atoms with van der Waals surface area (Å²) in [6, 6.07) is -15.5. The van der Waals surface area contributed by atoms with Crippen molar-refractivity contribution in [3.8, 4) is 0 Å². The summed E-state index contributed by atoms with van der Waals surface area (Å²) < 4.78 is 0. The molecule has 0 radical (unpaired) electrons. The number of aliphatic hydroxyl groups is 1. The number of aliphatic hydroxyl groups excluding tert-OH is 1. The Morgan fingerprint density at radius 3 is 1.28 bits per heavy atom. The number of primary amides is 2. The van der Waals surface area contributed by atoms with Gasteiger partial charge in [0.05, 0.1) is 49.4 Å². The maximum Gasteiger partial charge on any atom is 0.305 e. The number of Topliss-reactive ketones (excluding diaryl/α,β-unsaturated/α-hetero) is 2.